The van der Waals surface area contributed by atoms with E-state index >= 15 is 0 Å². The van der Waals surface area contributed by atoms with Crippen LogP contribution in [-0.2, 0) is 15.3 Å². The molecule has 0 saturated heterocycles. The summed E-state index contributed by atoms with van der Waals surface area (Å²) in [6, 6.07) is 10.3. The first-order chi connectivity index (χ1) is 13.9. The first kappa shape index (κ1) is 20.5. The lowest BCUT2D eigenvalue weighted by atomic mass is 10.2. The molecule has 0 radical (unpaired) electrons. The predicted molar refractivity (Wildman–Crippen MR) is 105 cm³/mol. The van der Waals surface area contributed by atoms with Crippen molar-refractivity contribution in [2.75, 3.05) is 5.32 Å². The zero-order valence-electron chi connectivity index (χ0n) is 15.7. The van der Waals surface area contributed by atoms with Gasteiger partial charge >= 0.3 is 5.97 Å². The summed E-state index contributed by atoms with van der Waals surface area (Å²) in [7, 11) is 0. The molecule has 3 aromatic rings. The number of nitrogens with one attached hydrogen (secondary N) is 1. The van der Waals surface area contributed by atoms with Gasteiger partial charge in [0.25, 0.3) is 5.91 Å². The quantitative estimate of drug-likeness (QED) is 0.460. The van der Waals surface area contributed by atoms with Gasteiger partial charge in [-0.3, -0.25) is 4.79 Å². The van der Waals surface area contributed by atoms with E-state index in [0.29, 0.717) is 22.2 Å². The fourth-order valence-corrected chi connectivity index (χ4v) is 3.21. The first-order valence-electron chi connectivity index (χ1n) is 8.70. The number of benzene rings is 1. The van der Waals surface area contributed by atoms with Gasteiger partial charge in [0.15, 0.2) is 6.10 Å². The summed E-state index contributed by atoms with van der Waals surface area (Å²) in [5.41, 5.74) is 1.38. The van der Waals surface area contributed by atoms with Crippen molar-refractivity contribution in [3.05, 3.63) is 71.5 Å². The van der Waals surface area contributed by atoms with Crippen molar-refractivity contribution in [3.63, 3.8) is 0 Å². The fraction of sp³-hybridized carbons (Fsp3) is 0.200. The summed E-state index contributed by atoms with van der Waals surface area (Å²) in [6.45, 7) is 3.25. The lowest BCUT2D eigenvalue weighted by Gasteiger charge is -2.14. The third-order valence-electron chi connectivity index (χ3n) is 3.79. The minimum absolute atomic E-state index is 0.249. The Balaban J connectivity index is 1.62. The summed E-state index contributed by atoms with van der Waals surface area (Å²) in [6.07, 6.45) is 0.515. The van der Waals surface area contributed by atoms with Crippen LogP contribution in [0.15, 0.2) is 58.2 Å². The molecule has 0 saturated carbocycles. The maximum Gasteiger partial charge on any atom is 0.341 e. The molecule has 0 bridgehead atoms. The molecule has 0 aliphatic rings. The number of ether oxygens (including phenoxy) is 1. The van der Waals surface area contributed by atoms with E-state index in [1.165, 1.54) is 43.0 Å². The Morgan fingerprint density at radius 2 is 2.03 bits per heavy atom. The molecule has 0 fully saturated rings. The van der Waals surface area contributed by atoms with E-state index in [1.54, 1.807) is 31.3 Å². The van der Waals surface area contributed by atoms with Crippen molar-refractivity contribution in [3.8, 4) is 0 Å². The van der Waals surface area contributed by atoms with E-state index in [2.05, 4.69) is 15.5 Å². The number of hydrogen-bond acceptors (Lipinski definition) is 7. The minimum atomic E-state index is -1.05. The van der Waals surface area contributed by atoms with Gasteiger partial charge in [0.2, 0.25) is 0 Å². The second kappa shape index (κ2) is 9.33. The zero-order chi connectivity index (χ0) is 20.8. The van der Waals surface area contributed by atoms with Crippen molar-refractivity contribution in [2.24, 2.45) is 0 Å². The number of carbonyl (C=O) groups excluding carboxylic acids is 2. The van der Waals surface area contributed by atoms with Crippen LogP contribution in [0.2, 0.25) is 0 Å². The van der Waals surface area contributed by atoms with Crippen LogP contribution >= 0.6 is 11.8 Å². The molecule has 0 aliphatic carbocycles. The fourth-order valence-electron chi connectivity index (χ4n) is 2.34. The Morgan fingerprint density at radius 1 is 1.28 bits per heavy atom. The summed E-state index contributed by atoms with van der Waals surface area (Å²) < 4.78 is 23.3. The van der Waals surface area contributed by atoms with Gasteiger partial charge in [-0.2, -0.15) is 0 Å². The van der Waals surface area contributed by atoms with Crippen LogP contribution in [-0.4, -0.2) is 28.1 Å². The van der Waals surface area contributed by atoms with Gasteiger partial charge in [0.1, 0.15) is 16.6 Å². The smallest absolute Gasteiger partial charge is 0.341 e. The first-order valence-corrected chi connectivity index (χ1v) is 9.68. The third-order valence-corrected chi connectivity index (χ3v) is 4.83. The maximum atomic E-state index is 13.0. The molecule has 2 heterocycles. The van der Waals surface area contributed by atoms with E-state index in [4.69, 9.17) is 9.26 Å². The Kier molecular flexibility index (Phi) is 6.61. The van der Waals surface area contributed by atoms with E-state index < -0.39 is 23.8 Å². The summed E-state index contributed by atoms with van der Waals surface area (Å²) in [5, 5.41) is 6.94. The number of thioether (sulfide) groups is 1. The van der Waals surface area contributed by atoms with Crippen molar-refractivity contribution >= 4 is 29.3 Å². The van der Waals surface area contributed by atoms with Gasteiger partial charge in [-0.1, -0.05) is 16.9 Å². The molecule has 1 N–H and O–H groups in total. The average molecular weight is 415 g/mol. The lowest BCUT2D eigenvalue weighted by molar-refractivity contribution is -0.123. The molecule has 0 unspecified atom stereocenters. The lowest BCUT2D eigenvalue weighted by Crippen LogP contribution is -2.30. The monoisotopic (exact) mass is 415 g/mol. The standard InChI is InChI=1S/C20H18FN3O4S/c1-12-10-16(24-28-12)11-29-19-17(4-3-9-22-19)20(26)27-13(2)18(25)23-15-7-5-14(21)6-8-15/h3-10,13H,11H2,1-2H3,(H,23,25)/t13-/m0/s1. The topological polar surface area (TPSA) is 94.3 Å². The second-order valence-electron chi connectivity index (χ2n) is 6.12. The van der Waals surface area contributed by atoms with Gasteiger partial charge in [-0.15, -0.1) is 0 Å². The maximum absolute atomic E-state index is 13.0. The highest BCUT2D eigenvalue weighted by Gasteiger charge is 2.22. The van der Waals surface area contributed by atoms with E-state index in [0.717, 1.165) is 5.69 Å². The van der Waals surface area contributed by atoms with Gasteiger partial charge < -0.3 is 14.6 Å². The number of pyridine rings is 1. The normalized spacial score (nSPS) is 11.7. The van der Waals surface area contributed by atoms with Gasteiger partial charge in [-0.05, 0) is 50.2 Å². The molecule has 3 rings (SSSR count). The second-order valence-corrected chi connectivity index (χ2v) is 7.08. The third kappa shape index (κ3) is 5.64. The van der Waals surface area contributed by atoms with Gasteiger partial charge in [0, 0.05) is 23.7 Å². The van der Waals surface area contributed by atoms with Crippen LogP contribution in [0.5, 0.6) is 0 Å². The molecule has 1 atom stereocenters. The number of hydrogen-bond donors (Lipinski definition) is 1. The Labute approximate surface area is 170 Å². The number of rotatable bonds is 7. The van der Waals surface area contributed by atoms with E-state index in [1.807, 2.05) is 0 Å². The summed E-state index contributed by atoms with van der Waals surface area (Å²) in [5.74, 6) is -0.443. The van der Waals surface area contributed by atoms with Crippen LogP contribution < -0.4 is 5.32 Å². The number of esters is 1. The van der Waals surface area contributed by atoms with Crippen LogP contribution in [0.4, 0.5) is 10.1 Å². The molecule has 1 amide bonds. The zero-order valence-corrected chi connectivity index (χ0v) is 16.5. The predicted octanol–water partition coefficient (Wildman–Crippen LogP) is 3.99. The minimum Gasteiger partial charge on any atom is -0.449 e. The van der Waals surface area contributed by atoms with Crippen LogP contribution in [0, 0.1) is 12.7 Å². The van der Waals surface area contributed by atoms with Crippen LogP contribution in [0.3, 0.4) is 0 Å². The number of amides is 1. The largest absolute Gasteiger partial charge is 0.449 e. The average Bonchev–Trinajstić information content (AvgIpc) is 3.13. The molecular weight excluding hydrogens is 397 g/mol. The number of aryl methyl sites for hydroxylation is 1. The SMILES string of the molecule is Cc1cc(CSc2ncccc2C(=O)O[C@@H](C)C(=O)Nc2ccc(F)cc2)no1. The van der Waals surface area contributed by atoms with Crippen molar-refractivity contribution in [1.82, 2.24) is 10.1 Å². The molecule has 0 aliphatic heterocycles. The summed E-state index contributed by atoms with van der Waals surface area (Å²) in [4.78, 5) is 29.0. The number of halogens is 1. The Bertz CT molecular complexity index is 1010. The highest BCUT2D eigenvalue weighted by molar-refractivity contribution is 7.98. The summed E-state index contributed by atoms with van der Waals surface area (Å²) >= 11 is 1.31. The van der Waals surface area contributed by atoms with Gasteiger partial charge in [0.05, 0.1) is 11.3 Å². The Morgan fingerprint density at radius 3 is 2.72 bits per heavy atom. The molecule has 0 spiro atoms. The molecule has 150 valence electrons. The molecule has 1 aromatic carbocycles. The molecule has 7 nitrogen and oxygen atoms in total. The van der Waals surface area contributed by atoms with Crippen LogP contribution in [0.1, 0.15) is 28.7 Å². The van der Waals surface area contributed by atoms with Crippen molar-refractivity contribution in [1.29, 1.82) is 0 Å². The number of carbonyl (C=O) groups is 2. The van der Waals surface area contributed by atoms with E-state index in [9.17, 15) is 14.0 Å². The van der Waals surface area contributed by atoms with Crippen LogP contribution in [0.25, 0.3) is 0 Å². The highest BCUT2D eigenvalue weighted by atomic mass is 32.2. The highest BCUT2D eigenvalue weighted by Crippen LogP contribution is 2.25. The number of anilines is 1. The molecular formula is C20H18FN3O4S. The van der Waals surface area contributed by atoms with Gasteiger partial charge in [-0.25, -0.2) is 14.2 Å². The Hall–Kier alpha value is -3.20. The molecule has 29 heavy (non-hydrogen) atoms. The van der Waals surface area contributed by atoms with Crippen molar-refractivity contribution in [2.45, 2.75) is 30.7 Å². The number of nitrogens with zero attached hydrogens (tertiary/aromatic N) is 2. The van der Waals surface area contributed by atoms with E-state index in [-0.39, 0.29) is 5.56 Å². The number of aromatic nitrogens is 2. The molecule has 9 heteroatoms. The van der Waals surface area contributed by atoms with Crippen molar-refractivity contribution < 1.29 is 23.2 Å². The molecule has 2 aromatic heterocycles.